The number of carboxylic acid groups (broad SMARTS) is 1. The summed E-state index contributed by atoms with van der Waals surface area (Å²) in [6.45, 7) is 0.468. The summed E-state index contributed by atoms with van der Waals surface area (Å²) in [7, 11) is 0. The van der Waals surface area contributed by atoms with Gasteiger partial charge < -0.3 is 10.0 Å². The smallest absolute Gasteiger partial charge is 0.326 e. The van der Waals surface area contributed by atoms with Crippen molar-refractivity contribution >= 4 is 35.2 Å². The number of amides is 1. The van der Waals surface area contributed by atoms with Crippen molar-refractivity contribution in [1.29, 1.82) is 0 Å². The van der Waals surface area contributed by atoms with E-state index in [-0.39, 0.29) is 5.91 Å². The minimum Gasteiger partial charge on any atom is -0.480 e. The maximum atomic E-state index is 12.7. The molecule has 1 aromatic carbocycles. The Morgan fingerprint density at radius 2 is 2.10 bits per heavy atom. The molecule has 1 aromatic rings. The van der Waals surface area contributed by atoms with E-state index in [0.717, 1.165) is 24.2 Å². The van der Waals surface area contributed by atoms with Gasteiger partial charge in [0, 0.05) is 11.4 Å². The van der Waals surface area contributed by atoms with Crippen molar-refractivity contribution in [1.82, 2.24) is 4.90 Å². The molecule has 1 fully saturated rings. The summed E-state index contributed by atoms with van der Waals surface area (Å²) in [6.07, 6.45) is 5.03. The fourth-order valence-electron chi connectivity index (χ4n) is 2.56. The zero-order chi connectivity index (χ0) is 15.4. The number of carboxylic acids is 1. The standard InChI is InChI=1S/C15H18ClNO3S/c1-21-10-6-7-12(16)11(9-10)14(18)17-8-4-2-3-5-13(17)15(19)20/h6-7,9,13H,2-5,8H2,1H3,(H,19,20). The molecule has 1 saturated heterocycles. The van der Waals surface area contributed by atoms with Crippen LogP contribution in [0.3, 0.4) is 0 Å². The highest BCUT2D eigenvalue weighted by molar-refractivity contribution is 7.98. The second-order valence-corrected chi connectivity index (χ2v) is 6.33. The van der Waals surface area contributed by atoms with Gasteiger partial charge in [0.15, 0.2) is 0 Å². The first-order valence-electron chi connectivity index (χ1n) is 6.92. The Hall–Kier alpha value is -1.20. The zero-order valence-corrected chi connectivity index (χ0v) is 13.4. The van der Waals surface area contributed by atoms with Gasteiger partial charge >= 0.3 is 5.97 Å². The Morgan fingerprint density at radius 1 is 1.33 bits per heavy atom. The van der Waals surface area contributed by atoms with E-state index in [0.29, 0.717) is 23.6 Å². The van der Waals surface area contributed by atoms with Crippen LogP contribution in [0.4, 0.5) is 0 Å². The molecule has 1 aliphatic heterocycles. The summed E-state index contributed by atoms with van der Waals surface area (Å²) in [5, 5.41) is 9.74. The number of thioether (sulfide) groups is 1. The Bertz CT molecular complexity index is 550. The number of carbonyl (C=O) groups excluding carboxylic acids is 1. The van der Waals surface area contributed by atoms with Gasteiger partial charge in [0.1, 0.15) is 6.04 Å². The predicted molar refractivity (Wildman–Crippen MR) is 84.2 cm³/mol. The number of carbonyl (C=O) groups is 2. The Morgan fingerprint density at radius 3 is 2.76 bits per heavy atom. The average Bonchev–Trinajstić information content (AvgIpc) is 2.73. The molecule has 0 saturated carbocycles. The molecule has 1 N–H and O–H groups in total. The summed E-state index contributed by atoms with van der Waals surface area (Å²) in [5.41, 5.74) is 0.386. The molecule has 1 aliphatic rings. The second-order valence-electron chi connectivity index (χ2n) is 5.05. The lowest BCUT2D eigenvalue weighted by Gasteiger charge is -2.27. The molecular weight excluding hydrogens is 310 g/mol. The van der Waals surface area contributed by atoms with Crippen LogP contribution in [0, 0.1) is 0 Å². The van der Waals surface area contributed by atoms with Crippen LogP contribution in [-0.2, 0) is 4.79 Å². The van der Waals surface area contributed by atoms with E-state index in [9.17, 15) is 14.7 Å². The summed E-state index contributed by atoms with van der Waals surface area (Å²) in [4.78, 5) is 26.5. The number of nitrogens with zero attached hydrogens (tertiary/aromatic N) is 1. The van der Waals surface area contributed by atoms with Gasteiger partial charge in [0.2, 0.25) is 0 Å². The lowest BCUT2D eigenvalue weighted by atomic mass is 10.1. The average molecular weight is 328 g/mol. The third kappa shape index (κ3) is 3.71. The van der Waals surface area contributed by atoms with E-state index in [1.54, 1.807) is 12.1 Å². The van der Waals surface area contributed by atoms with E-state index in [1.165, 1.54) is 16.7 Å². The van der Waals surface area contributed by atoms with Gasteiger partial charge in [-0.1, -0.05) is 24.4 Å². The van der Waals surface area contributed by atoms with Crippen LogP contribution >= 0.6 is 23.4 Å². The highest BCUT2D eigenvalue weighted by Gasteiger charge is 2.32. The lowest BCUT2D eigenvalue weighted by Crippen LogP contribution is -2.44. The van der Waals surface area contributed by atoms with Crippen molar-refractivity contribution < 1.29 is 14.7 Å². The van der Waals surface area contributed by atoms with Crippen molar-refractivity contribution in [3.8, 4) is 0 Å². The third-order valence-corrected chi connectivity index (χ3v) is 4.76. The number of halogens is 1. The van der Waals surface area contributed by atoms with Crippen molar-refractivity contribution in [2.75, 3.05) is 12.8 Å². The first-order valence-corrected chi connectivity index (χ1v) is 8.52. The molecule has 0 aliphatic carbocycles. The highest BCUT2D eigenvalue weighted by atomic mass is 35.5. The quantitative estimate of drug-likeness (QED) is 0.863. The van der Waals surface area contributed by atoms with Crippen LogP contribution in [-0.4, -0.2) is 40.7 Å². The number of benzene rings is 1. The van der Waals surface area contributed by atoms with Gasteiger partial charge in [0.05, 0.1) is 10.6 Å². The molecule has 1 amide bonds. The van der Waals surface area contributed by atoms with Gasteiger partial charge in [-0.05, 0) is 37.3 Å². The van der Waals surface area contributed by atoms with E-state index in [1.807, 2.05) is 12.3 Å². The molecule has 1 unspecified atom stereocenters. The Kier molecular flexibility index (Phi) is 5.53. The largest absolute Gasteiger partial charge is 0.480 e. The molecule has 4 nitrogen and oxygen atoms in total. The zero-order valence-electron chi connectivity index (χ0n) is 11.8. The summed E-state index contributed by atoms with van der Waals surface area (Å²) in [5.74, 6) is -1.23. The maximum absolute atomic E-state index is 12.7. The van der Waals surface area contributed by atoms with Crippen LogP contribution < -0.4 is 0 Å². The van der Waals surface area contributed by atoms with E-state index >= 15 is 0 Å². The number of rotatable bonds is 3. The fraction of sp³-hybridized carbons (Fsp3) is 0.467. The molecule has 114 valence electrons. The molecule has 0 bridgehead atoms. The molecule has 2 rings (SSSR count). The first kappa shape index (κ1) is 16.2. The lowest BCUT2D eigenvalue weighted by molar-refractivity contribution is -0.142. The van der Waals surface area contributed by atoms with Gasteiger partial charge in [0.25, 0.3) is 5.91 Å². The van der Waals surface area contributed by atoms with Crippen LogP contribution in [0.1, 0.15) is 36.0 Å². The minimum absolute atomic E-state index is 0.287. The Labute approximate surface area is 133 Å². The molecule has 1 heterocycles. The number of hydrogen-bond acceptors (Lipinski definition) is 3. The monoisotopic (exact) mass is 327 g/mol. The van der Waals surface area contributed by atoms with Crippen molar-refractivity contribution in [3.63, 3.8) is 0 Å². The minimum atomic E-state index is -0.942. The van der Waals surface area contributed by atoms with Gasteiger partial charge in [-0.2, -0.15) is 0 Å². The molecule has 0 radical (unpaired) electrons. The van der Waals surface area contributed by atoms with Crippen molar-refractivity contribution in [2.45, 2.75) is 36.6 Å². The first-order chi connectivity index (χ1) is 10.0. The van der Waals surface area contributed by atoms with Crippen LogP contribution in [0.25, 0.3) is 0 Å². The normalized spacial score (nSPS) is 19.1. The summed E-state index contributed by atoms with van der Waals surface area (Å²) in [6, 6.07) is 4.52. The number of likely N-dealkylation sites (tertiary alicyclic amines) is 1. The fourth-order valence-corrected chi connectivity index (χ4v) is 3.20. The van der Waals surface area contributed by atoms with E-state index in [2.05, 4.69) is 0 Å². The summed E-state index contributed by atoms with van der Waals surface area (Å²) < 4.78 is 0. The van der Waals surface area contributed by atoms with Crippen LogP contribution in [0.5, 0.6) is 0 Å². The van der Waals surface area contributed by atoms with Gasteiger partial charge in [-0.3, -0.25) is 4.79 Å². The number of hydrogen-bond donors (Lipinski definition) is 1. The SMILES string of the molecule is CSc1ccc(Cl)c(C(=O)N2CCCCCC2C(=O)O)c1. The Balaban J connectivity index is 2.33. The van der Waals surface area contributed by atoms with Crippen molar-refractivity contribution in [3.05, 3.63) is 28.8 Å². The molecule has 21 heavy (non-hydrogen) atoms. The van der Waals surface area contributed by atoms with Gasteiger partial charge in [-0.15, -0.1) is 11.8 Å². The molecule has 0 aromatic heterocycles. The highest BCUT2D eigenvalue weighted by Crippen LogP contribution is 2.26. The van der Waals surface area contributed by atoms with E-state index < -0.39 is 12.0 Å². The van der Waals surface area contributed by atoms with Crippen LogP contribution in [0.2, 0.25) is 5.02 Å². The molecule has 1 atom stereocenters. The van der Waals surface area contributed by atoms with Gasteiger partial charge in [-0.25, -0.2) is 4.79 Å². The molecule has 0 spiro atoms. The molecular formula is C15H18ClNO3S. The van der Waals surface area contributed by atoms with E-state index in [4.69, 9.17) is 11.6 Å². The van der Waals surface area contributed by atoms with Crippen molar-refractivity contribution in [2.24, 2.45) is 0 Å². The number of aliphatic carboxylic acids is 1. The summed E-state index contributed by atoms with van der Waals surface area (Å²) >= 11 is 7.65. The topological polar surface area (TPSA) is 57.6 Å². The second kappa shape index (κ2) is 7.18. The maximum Gasteiger partial charge on any atom is 0.326 e. The molecule has 6 heteroatoms. The third-order valence-electron chi connectivity index (χ3n) is 3.70. The van der Waals surface area contributed by atoms with Crippen LogP contribution in [0.15, 0.2) is 23.1 Å². The predicted octanol–water partition coefficient (Wildman–Crippen LogP) is 3.53.